The normalized spacial score (nSPS) is 18.9. The van der Waals surface area contributed by atoms with Crippen LogP contribution < -0.4 is 5.32 Å². The minimum atomic E-state index is 0.437. The number of nitrogens with one attached hydrogen (secondary N) is 2. The summed E-state index contributed by atoms with van der Waals surface area (Å²) in [5.41, 5.74) is 5.22. The summed E-state index contributed by atoms with van der Waals surface area (Å²) >= 11 is 0. The van der Waals surface area contributed by atoms with Gasteiger partial charge in [0.1, 0.15) is 5.65 Å². The van der Waals surface area contributed by atoms with Crippen LogP contribution in [0, 0.1) is 5.41 Å². The molecule has 2 aliphatic rings. The minimum Gasteiger partial charge on any atom is -0.380 e. The topological polar surface area (TPSA) is 88.6 Å². The highest BCUT2D eigenvalue weighted by molar-refractivity contribution is 5.95. The second-order valence-electron chi connectivity index (χ2n) is 8.33. The lowest BCUT2D eigenvalue weighted by Gasteiger charge is -2.46. The Bertz CT molecular complexity index is 1190. The lowest BCUT2D eigenvalue weighted by atomic mass is 9.71. The summed E-state index contributed by atoms with van der Waals surface area (Å²) < 4.78 is 5.42. The fourth-order valence-electron chi connectivity index (χ4n) is 4.58. The molecule has 0 radical (unpaired) electrons. The Hall–Kier alpha value is -3.06. The zero-order chi connectivity index (χ0) is 19.3. The molecule has 2 fully saturated rings. The van der Waals surface area contributed by atoms with Gasteiger partial charge in [0.2, 0.25) is 5.95 Å². The fourth-order valence-corrected chi connectivity index (χ4v) is 4.58. The van der Waals surface area contributed by atoms with Gasteiger partial charge >= 0.3 is 0 Å². The molecular formula is C22H22N6O. The highest BCUT2D eigenvalue weighted by Gasteiger charge is 2.41. The number of hydrogen-bond donors (Lipinski definition) is 2. The Labute approximate surface area is 168 Å². The zero-order valence-electron chi connectivity index (χ0n) is 16.1. The van der Waals surface area contributed by atoms with Crippen molar-refractivity contribution in [1.82, 2.24) is 24.9 Å². The van der Waals surface area contributed by atoms with Crippen molar-refractivity contribution in [2.24, 2.45) is 5.41 Å². The molecule has 2 N–H and O–H groups in total. The SMILES string of the molecule is c1cnc2cc(-c3c[nH]c4nc(NC5CCC6(CC5)COC6)ncc34)ccc2n1. The van der Waals surface area contributed by atoms with Gasteiger partial charge in [-0.3, -0.25) is 9.97 Å². The van der Waals surface area contributed by atoms with Gasteiger partial charge in [0, 0.05) is 47.2 Å². The van der Waals surface area contributed by atoms with E-state index >= 15 is 0 Å². The van der Waals surface area contributed by atoms with Gasteiger partial charge in [0.05, 0.1) is 24.2 Å². The molecule has 1 spiro atoms. The molecule has 1 saturated heterocycles. The van der Waals surface area contributed by atoms with E-state index in [4.69, 9.17) is 9.72 Å². The lowest BCUT2D eigenvalue weighted by molar-refractivity contribution is -0.131. The molecule has 6 rings (SSSR count). The summed E-state index contributed by atoms with van der Waals surface area (Å²) in [6.07, 6.45) is 12.1. The molecule has 0 unspecified atom stereocenters. The van der Waals surface area contributed by atoms with Gasteiger partial charge in [-0.25, -0.2) is 4.98 Å². The Morgan fingerprint density at radius 1 is 1.03 bits per heavy atom. The fraction of sp³-hybridized carbons (Fsp3) is 0.364. The van der Waals surface area contributed by atoms with Crippen molar-refractivity contribution >= 4 is 28.0 Å². The van der Waals surface area contributed by atoms with Crippen molar-refractivity contribution in [2.75, 3.05) is 18.5 Å². The van der Waals surface area contributed by atoms with Gasteiger partial charge in [0.25, 0.3) is 0 Å². The van der Waals surface area contributed by atoms with E-state index in [1.807, 2.05) is 18.5 Å². The van der Waals surface area contributed by atoms with Crippen molar-refractivity contribution in [3.8, 4) is 11.1 Å². The van der Waals surface area contributed by atoms with Crippen LogP contribution in [0.15, 0.2) is 43.0 Å². The van der Waals surface area contributed by atoms with E-state index in [0.717, 1.165) is 59.2 Å². The number of nitrogens with zero attached hydrogens (tertiary/aromatic N) is 4. The molecule has 7 heteroatoms. The summed E-state index contributed by atoms with van der Waals surface area (Å²) in [5.74, 6) is 0.695. The molecule has 0 bridgehead atoms. The van der Waals surface area contributed by atoms with E-state index < -0.39 is 0 Å². The van der Waals surface area contributed by atoms with Crippen molar-refractivity contribution in [2.45, 2.75) is 31.7 Å². The molecule has 0 amide bonds. The van der Waals surface area contributed by atoms with Crippen molar-refractivity contribution < 1.29 is 4.74 Å². The van der Waals surface area contributed by atoms with Crippen molar-refractivity contribution in [1.29, 1.82) is 0 Å². The zero-order valence-corrected chi connectivity index (χ0v) is 16.1. The Balaban J connectivity index is 1.24. The molecule has 29 heavy (non-hydrogen) atoms. The third kappa shape index (κ3) is 2.93. The second-order valence-corrected chi connectivity index (χ2v) is 8.33. The number of aromatic amines is 1. The number of benzene rings is 1. The smallest absolute Gasteiger partial charge is 0.224 e. The predicted octanol–water partition coefficient (Wildman–Crippen LogP) is 3.94. The van der Waals surface area contributed by atoms with Crippen LogP contribution in [0.2, 0.25) is 0 Å². The maximum absolute atomic E-state index is 5.42. The molecule has 3 aromatic heterocycles. The highest BCUT2D eigenvalue weighted by atomic mass is 16.5. The van der Waals surface area contributed by atoms with Crippen LogP contribution >= 0.6 is 0 Å². The highest BCUT2D eigenvalue weighted by Crippen LogP contribution is 2.42. The van der Waals surface area contributed by atoms with Gasteiger partial charge in [-0.05, 0) is 43.4 Å². The van der Waals surface area contributed by atoms with E-state index in [1.165, 1.54) is 12.8 Å². The van der Waals surface area contributed by atoms with Crippen LogP contribution in [0.3, 0.4) is 0 Å². The second kappa shape index (κ2) is 6.49. The molecule has 4 heterocycles. The first-order chi connectivity index (χ1) is 14.3. The van der Waals surface area contributed by atoms with E-state index in [9.17, 15) is 0 Å². The molecule has 1 aliphatic heterocycles. The van der Waals surface area contributed by atoms with Gasteiger partial charge < -0.3 is 15.0 Å². The van der Waals surface area contributed by atoms with E-state index in [0.29, 0.717) is 17.4 Å². The maximum atomic E-state index is 5.42. The Morgan fingerprint density at radius 2 is 1.86 bits per heavy atom. The third-order valence-corrected chi connectivity index (χ3v) is 6.41. The van der Waals surface area contributed by atoms with Gasteiger partial charge in [0.15, 0.2) is 0 Å². The maximum Gasteiger partial charge on any atom is 0.224 e. The van der Waals surface area contributed by atoms with E-state index in [-0.39, 0.29) is 0 Å². The summed E-state index contributed by atoms with van der Waals surface area (Å²) in [5, 5.41) is 4.54. The monoisotopic (exact) mass is 386 g/mol. The number of H-pyrrole nitrogens is 1. The molecule has 4 aromatic rings. The van der Waals surface area contributed by atoms with Crippen LogP contribution in [0.4, 0.5) is 5.95 Å². The Kier molecular flexibility index (Phi) is 3.77. The van der Waals surface area contributed by atoms with Crippen molar-refractivity contribution in [3.05, 3.63) is 43.0 Å². The van der Waals surface area contributed by atoms with Crippen LogP contribution in [-0.4, -0.2) is 44.2 Å². The van der Waals surface area contributed by atoms with Crippen LogP contribution in [0.25, 0.3) is 33.2 Å². The molecule has 1 aromatic carbocycles. The number of anilines is 1. The predicted molar refractivity (Wildman–Crippen MR) is 112 cm³/mol. The number of rotatable bonds is 3. The van der Waals surface area contributed by atoms with Crippen molar-refractivity contribution in [3.63, 3.8) is 0 Å². The molecule has 0 atom stereocenters. The number of ether oxygens (including phenoxy) is 1. The Morgan fingerprint density at radius 3 is 2.66 bits per heavy atom. The summed E-state index contributed by atoms with van der Waals surface area (Å²) in [6, 6.07) is 6.55. The molecule has 7 nitrogen and oxygen atoms in total. The standard InChI is InChI=1S/C22H22N6O/c1-2-18-19(24-8-7-23-18)9-14(1)16-10-25-20-17(16)11-26-21(28-20)27-15-3-5-22(6-4-15)12-29-13-22/h1-2,7-11,15H,3-6,12-13H2,(H2,25,26,27,28). The average molecular weight is 386 g/mol. The first-order valence-electron chi connectivity index (χ1n) is 10.2. The van der Waals surface area contributed by atoms with Gasteiger partial charge in [-0.2, -0.15) is 4.98 Å². The number of hydrogen-bond acceptors (Lipinski definition) is 6. The first-order valence-corrected chi connectivity index (χ1v) is 10.2. The quantitative estimate of drug-likeness (QED) is 0.554. The molecular weight excluding hydrogens is 364 g/mol. The van der Waals surface area contributed by atoms with Gasteiger partial charge in [-0.15, -0.1) is 0 Å². The molecule has 1 saturated carbocycles. The lowest BCUT2D eigenvalue weighted by Crippen LogP contribution is -2.47. The minimum absolute atomic E-state index is 0.437. The van der Waals surface area contributed by atoms with Gasteiger partial charge in [-0.1, -0.05) is 6.07 Å². The summed E-state index contributed by atoms with van der Waals surface area (Å²) in [7, 11) is 0. The molecule has 146 valence electrons. The first kappa shape index (κ1) is 16.9. The van der Waals surface area contributed by atoms with Crippen LogP contribution in [-0.2, 0) is 4.74 Å². The largest absolute Gasteiger partial charge is 0.380 e. The van der Waals surface area contributed by atoms with Crippen LogP contribution in [0.5, 0.6) is 0 Å². The number of aromatic nitrogens is 5. The summed E-state index contributed by atoms with van der Waals surface area (Å²) in [4.78, 5) is 21.4. The summed E-state index contributed by atoms with van der Waals surface area (Å²) in [6.45, 7) is 1.88. The average Bonchev–Trinajstić information content (AvgIpc) is 3.16. The third-order valence-electron chi connectivity index (χ3n) is 6.41. The van der Waals surface area contributed by atoms with Crippen LogP contribution in [0.1, 0.15) is 25.7 Å². The molecule has 1 aliphatic carbocycles. The number of fused-ring (bicyclic) bond motifs is 2. The van der Waals surface area contributed by atoms with E-state index in [2.05, 4.69) is 37.4 Å². The van der Waals surface area contributed by atoms with E-state index in [1.54, 1.807) is 12.4 Å².